The first-order valence-corrected chi connectivity index (χ1v) is 6.45. The van der Waals surface area contributed by atoms with Crippen LogP contribution in [0.1, 0.15) is 34.1 Å². The molecule has 1 aromatic heterocycles. The summed E-state index contributed by atoms with van der Waals surface area (Å²) in [5.74, 6) is 0.791. The molecule has 1 saturated heterocycles. The molecule has 0 amide bonds. The molecule has 1 aromatic rings. The zero-order valence-electron chi connectivity index (χ0n) is 11.4. The van der Waals surface area contributed by atoms with E-state index < -0.39 is 7.12 Å². The van der Waals surface area contributed by atoms with E-state index in [0.717, 1.165) is 30.9 Å². The minimum atomic E-state index is -0.392. The number of nitrogens with zero attached hydrogens (tertiary/aromatic N) is 2. The van der Waals surface area contributed by atoms with Gasteiger partial charge in [0.1, 0.15) is 0 Å². The van der Waals surface area contributed by atoms with Crippen molar-refractivity contribution >= 4 is 12.6 Å². The van der Waals surface area contributed by atoms with Crippen LogP contribution in [0.5, 0.6) is 5.88 Å². The summed E-state index contributed by atoms with van der Waals surface area (Å²) < 4.78 is 19.6. The smallest absolute Gasteiger partial charge is 0.478 e. The van der Waals surface area contributed by atoms with Crippen molar-refractivity contribution in [3.05, 3.63) is 6.20 Å². The van der Waals surface area contributed by atoms with E-state index in [1.165, 1.54) is 0 Å². The number of aromatic nitrogens is 2. The predicted molar refractivity (Wildman–Crippen MR) is 68.1 cm³/mol. The van der Waals surface area contributed by atoms with Crippen molar-refractivity contribution in [1.29, 1.82) is 0 Å². The van der Waals surface area contributed by atoms with Gasteiger partial charge >= 0.3 is 7.12 Å². The second-order valence-electron chi connectivity index (χ2n) is 5.92. The van der Waals surface area contributed by atoms with Gasteiger partial charge in [0.05, 0.1) is 29.5 Å². The molecule has 0 saturated carbocycles. The van der Waals surface area contributed by atoms with E-state index in [9.17, 15) is 0 Å². The SMILES string of the molecule is CC1(C)OB(c2cnn3c2OCCC3)OC1(C)C. The van der Waals surface area contributed by atoms with Crippen LogP contribution in [0.15, 0.2) is 6.20 Å². The molecule has 0 radical (unpaired) electrons. The van der Waals surface area contributed by atoms with Crippen LogP contribution < -0.4 is 10.2 Å². The monoisotopic (exact) mass is 250 g/mol. The lowest BCUT2D eigenvalue weighted by Crippen LogP contribution is -2.41. The fourth-order valence-electron chi connectivity index (χ4n) is 2.22. The molecule has 2 aliphatic rings. The van der Waals surface area contributed by atoms with Gasteiger partial charge < -0.3 is 14.0 Å². The van der Waals surface area contributed by atoms with Gasteiger partial charge in [0, 0.05) is 13.0 Å². The lowest BCUT2D eigenvalue weighted by Gasteiger charge is -2.32. The maximum absolute atomic E-state index is 6.02. The Kier molecular flexibility index (Phi) is 2.51. The van der Waals surface area contributed by atoms with Gasteiger partial charge in [-0.3, -0.25) is 0 Å². The molecule has 0 aromatic carbocycles. The summed E-state index contributed by atoms with van der Waals surface area (Å²) in [6.45, 7) is 9.81. The molecule has 3 heterocycles. The normalized spacial score (nSPS) is 24.8. The fraction of sp³-hybridized carbons (Fsp3) is 0.750. The van der Waals surface area contributed by atoms with Crippen LogP contribution in [0.4, 0.5) is 0 Å². The summed E-state index contributed by atoms with van der Waals surface area (Å²) in [6.07, 6.45) is 2.79. The molecule has 0 atom stereocenters. The van der Waals surface area contributed by atoms with Crippen molar-refractivity contribution in [2.24, 2.45) is 0 Å². The van der Waals surface area contributed by atoms with Crippen molar-refractivity contribution in [2.75, 3.05) is 6.61 Å². The molecule has 1 fully saturated rings. The lowest BCUT2D eigenvalue weighted by molar-refractivity contribution is 0.00578. The van der Waals surface area contributed by atoms with Crippen molar-refractivity contribution in [3.8, 4) is 5.88 Å². The Labute approximate surface area is 108 Å². The summed E-state index contributed by atoms with van der Waals surface area (Å²) in [4.78, 5) is 0. The average Bonchev–Trinajstić information content (AvgIpc) is 2.78. The molecule has 0 bridgehead atoms. The van der Waals surface area contributed by atoms with E-state index in [4.69, 9.17) is 14.0 Å². The van der Waals surface area contributed by atoms with E-state index in [-0.39, 0.29) is 11.2 Å². The third-order valence-electron chi connectivity index (χ3n) is 4.08. The molecule has 0 unspecified atom stereocenters. The topological polar surface area (TPSA) is 45.5 Å². The van der Waals surface area contributed by atoms with Crippen LogP contribution >= 0.6 is 0 Å². The molecule has 98 valence electrons. The zero-order valence-corrected chi connectivity index (χ0v) is 11.4. The Morgan fingerprint density at radius 2 is 1.89 bits per heavy atom. The van der Waals surface area contributed by atoms with Gasteiger partial charge in [0.2, 0.25) is 5.88 Å². The van der Waals surface area contributed by atoms with Crippen LogP contribution in [-0.4, -0.2) is 34.7 Å². The number of hydrogen-bond acceptors (Lipinski definition) is 4. The Hall–Kier alpha value is -1.01. The Morgan fingerprint density at radius 1 is 1.22 bits per heavy atom. The molecular weight excluding hydrogens is 231 g/mol. The summed E-state index contributed by atoms with van der Waals surface area (Å²) in [6, 6.07) is 0. The number of ether oxygens (including phenoxy) is 1. The number of aryl methyl sites for hydroxylation is 1. The van der Waals surface area contributed by atoms with Crippen LogP contribution in [0.25, 0.3) is 0 Å². The maximum Gasteiger partial charge on any atom is 0.502 e. The molecular formula is C12H19BN2O3. The van der Waals surface area contributed by atoms with Crippen molar-refractivity contribution in [3.63, 3.8) is 0 Å². The first kappa shape index (κ1) is 12.1. The lowest BCUT2D eigenvalue weighted by atomic mass is 9.81. The zero-order chi connectivity index (χ0) is 13.0. The first-order chi connectivity index (χ1) is 8.41. The molecule has 0 N–H and O–H groups in total. The molecule has 5 nitrogen and oxygen atoms in total. The summed E-state index contributed by atoms with van der Waals surface area (Å²) in [5, 5.41) is 4.33. The number of rotatable bonds is 1. The largest absolute Gasteiger partial charge is 0.502 e. The van der Waals surface area contributed by atoms with E-state index in [0.29, 0.717) is 0 Å². The van der Waals surface area contributed by atoms with Gasteiger partial charge in [-0.1, -0.05) is 0 Å². The van der Waals surface area contributed by atoms with Crippen LogP contribution in [0.3, 0.4) is 0 Å². The fourth-order valence-corrected chi connectivity index (χ4v) is 2.22. The van der Waals surface area contributed by atoms with Crippen LogP contribution in [-0.2, 0) is 15.9 Å². The molecule has 2 aliphatic heterocycles. The minimum absolute atomic E-state index is 0.332. The number of fused-ring (bicyclic) bond motifs is 1. The summed E-state index contributed by atoms with van der Waals surface area (Å²) >= 11 is 0. The van der Waals surface area contributed by atoms with Gasteiger partial charge in [0.15, 0.2) is 0 Å². The Bertz CT molecular complexity index is 454. The highest BCUT2D eigenvalue weighted by molar-refractivity contribution is 6.63. The third-order valence-corrected chi connectivity index (χ3v) is 4.08. The quantitative estimate of drug-likeness (QED) is 0.696. The summed E-state index contributed by atoms with van der Waals surface area (Å²) in [5.41, 5.74) is 0.232. The highest BCUT2D eigenvalue weighted by Gasteiger charge is 2.53. The molecule has 18 heavy (non-hydrogen) atoms. The summed E-state index contributed by atoms with van der Waals surface area (Å²) in [7, 11) is -0.392. The predicted octanol–water partition coefficient (Wildman–Crippen LogP) is 0.965. The molecule has 0 spiro atoms. The Morgan fingerprint density at radius 3 is 2.56 bits per heavy atom. The van der Waals surface area contributed by atoms with Gasteiger partial charge in [-0.15, -0.1) is 0 Å². The van der Waals surface area contributed by atoms with Crippen molar-refractivity contribution in [1.82, 2.24) is 9.78 Å². The Balaban J connectivity index is 1.91. The first-order valence-electron chi connectivity index (χ1n) is 6.45. The van der Waals surface area contributed by atoms with Crippen LogP contribution in [0.2, 0.25) is 0 Å². The van der Waals surface area contributed by atoms with Gasteiger partial charge in [-0.05, 0) is 27.7 Å². The van der Waals surface area contributed by atoms with E-state index in [1.54, 1.807) is 6.20 Å². The molecule has 3 rings (SSSR count). The van der Waals surface area contributed by atoms with Crippen LogP contribution in [0, 0.1) is 0 Å². The minimum Gasteiger partial charge on any atom is -0.478 e. The van der Waals surface area contributed by atoms with Gasteiger partial charge in [-0.25, -0.2) is 4.68 Å². The highest BCUT2D eigenvalue weighted by atomic mass is 16.7. The van der Waals surface area contributed by atoms with Crippen molar-refractivity contribution < 1.29 is 14.0 Å². The van der Waals surface area contributed by atoms with Gasteiger partial charge in [-0.2, -0.15) is 5.10 Å². The molecule has 6 heteroatoms. The second kappa shape index (κ2) is 3.74. The second-order valence-corrected chi connectivity index (χ2v) is 5.92. The molecule has 0 aliphatic carbocycles. The van der Waals surface area contributed by atoms with E-state index in [1.807, 2.05) is 32.4 Å². The highest BCUT2D eigenvalue weighted by Crippen LogP contribution is 2.37. The van der Waals surface area contributed by atoms with E-state index in [2.05, 4.69) is 5.10 Å². The average molecular weight is 250 g/mol. The van der Waals surface area contributed by atoms with E-state index >= 15 is 0 Å². The third kappa shape index (κ3) is 1.67. The number of hydrogen-bond donors (Lipinski definition) is 0. The maximum atomic E-state index is 6.02. The van der Waals surface area contributed by atoms with Gasteiger partial charge in [0.25, 0.3) is 0 Å². The van der Waals surface area contributed by atoms with Crippen molar-refractivity contribution in [2.45, 2.75) is 51.9 Å². The standard InChI is InChI=1S/C12H19BN2O3/c1-11(2)12(3,4)18-13(17-11)9-8-14-15-6-5-7-16-10(9)15/h8H,5-7H2,1-4H3.